The number of nitrogens with zero attached hydrogens (tertiary/aromatic N) is 3. The van der Waals surface area contributed by atoms with E-state index in [0.717, 1.165) is 4.96 Å². The molecule has 0 bridgehead atoms. The minimum atomic E-state index is 0.628. The van der Waals surface area contributed by atoms with Gasteiger partial charge < -0.3 is 0 Å². The number of benzene rings is 1. The van der Waals surface area contributed by atoms with Crippen LogP contribution in [0.1, 0.15) is 0 Å². The fourth-order valence-electron chi connectivity index (χ4n) is 1.43. The van der Waals surface area contributed by atoms with Crippen molar-refractivity contribution in [3.05, 3.63) is 36.5 Å². The first kappa shape index (κ1) is 8.94. The zero-order valence-electron chi connectivity index (χ0n) is 7.66. The summed E-state index contributed by atoms with van der Waals surface area (Å²) in [4.78, 5) is 2.05. The second-order valence-electron chi connectivity index (χ2n) is 3.11. The van der Waals surface area contributed by atoms with E-state index in [1.54, 1.807) is 11.3 Å². The molecule has 0 atom stereocenters. The summed E-state index contributed by atoms with van der Waals surface area (Å²) in [5.41, 5.74) is 1.20. The first-order valence-electron chi connectivity index (χ1n) is 4.43. The van der Waals surface area contributed by atoms with Crippen LogP contribution >= 0.6 is 24.0 Å². The average molecular weight is 233 g/mol. The molecule has 0 aliphatic rings. The van der Waals surface area contributed by atoms with E-state index in [1.807, 2.05) is 28.8 Å². The van der Waals surface area contributed by atoms with Crippen LogP contribution in [0, 0.1) is 0 Å². The van der Waals surface area contributed by atoms with Gasteiger partial charge in [-0.05, 0) is 5.56 Å². The highest BCUT2D eigenvalue weighted by Crippen LogP contribution is 2.28. The predicted octanol–water partition coefficient (Wildman–Crippen LogP) is 2.75. The van der Waals surface area contributed by atoms with Crippen LogP contribution in [0.5, 0.6) is 0 Å². The van der Waals surface area contributed by atoms with Crippen LogP contribution in [0.25, 0.3) is 15.4 Å². The van der Waals surface area contributed by atoms with Crippen LogP contribution < -0.4 is 0 Å². The van der Waals surface area contributed by atoms with E-state index < -0.39 is 0 Å². The molecule has 15 heavy (non-hydrogen) atoms. The molecule has 0 unspecified atom stereocenters. The smallest absolute Gasteiger partial charge is 0.217 e. The third-order valence-electron chi connectivity index (χ3n) is 2.15. The maximum absolute atomic E-state index is 4.22. The van der Waals surface area contributed by atoms with Crippen LogP contribution in [-0.2, 0) is 0 Å². The molecule has 0 aliphatic carbocycles. The fourth-order valence-corrected chi connectivity index (χ4v) is 2.62. The molecule has 0 aliphatic heterocycles. The van der Waals surface area contributed by atoms with E-state index in [4.69, 9.17) is 0 Å². The van der Waals surface area contributed by atoms with Crippen LogP contribution in [0.3, 0.4) is 0 Å². The summed E-state index contributed by atoms with van der Waals surface area (Å²) < 4.78 is 1.89. The van der Waals surface area contributed by atoms with Crippen LogP contribution in [0.4, 0.5) is 0 Å². The zero-order valence-corrected chi connectivity index (χ0v) is 9.37. The minimum Gasteiger partial charge on any atom is -0.268 e. The number of thiol groups is 1. The highest BCUT2D eigenvalue weighted by molar-refractivity contribution is 7.80. The van der Waals surface area contributed by atoms with Crippen molar-refractivity contribution in [3.63, 3.8) is 0 Å². The van der Waals surface area contributed by atoms with Gasteiger partial charge in [0.2, 0.25) is 4.96 Å². The summed E-state index contributed by atoms with van der Waals surface area (Å²) in [5.74, 6) is 0. The van der Waals surface area contributed by atoms with Gasteiger partial charge in [0, 0.05) is 6.20 Å². The van der Waals surface area contributed by atoms with Gasteiger partial charge in [-0.15, -0.1) is 22.8 Å². The molecule has 2 aromatic heterocycles. The van der Waals surface area contributed by atoms with Crippen molar-refractivity contribution < 1.29 is 0 Å². The van der Waals surface area contributed by atoms with Crippen LogP contribution in [0.2, 0.25) is 0 Å². The van der Waals surface area contributed by atoms with Crippen molar-refractivity contribution in [1.29, 1.82) is 0 Å². The van der Waals surface area contributed by atoms with E-state index in [1.165, 1.54) is 10.4 Å². The number of hydrogen-bond acceptors (Lipinski definition) is 4. The Morgan fingerprint density at radius 3 is 2.67 bits per heavy atom. The standard InChI is InChI=1S/C10H7N3S2/c14-9-11-12-10-13(9)6-8(15-10)7-4-2-1-3-5-7/h1-6H,(H,11,14). The van der Waals surface area contributed by atoms with Gasteiger partial charge in [-0.3, -0.25) is 4.40 Å². The minimum absolute atomic E-state index is 0.628. The van der Waals surface area contributed by atoms with Crippen LogP contribution in [0.15, 0.2) is 41.7 Å². The molecule has 5 heteroatoms. The van der Waals surface area contributed by atoms with Crippen molar-refractivity contribution in [2.75, 3.05) is 0 Å². The Bertz CT molecular complexity index is 597. The predicted molar refractivity (Wildman–Crippen MR) is 63.6 cm³/mol. The summed E-state index contributed by atoms with van der Waals surface area (Å²) in [6.45, 7) is 0. The molecule has 0 spiro atoms. The van der Waals surface area contributed by atoms with Crippen molar-refractivity contribution in [2.24, 2.45) is 0 Å². The van der Waals surface area contributed by atoms with E-state index >= 15 is 0 Å². The fraction of sp³-hybridized carbons (Fsp3) is 0. The largest absolute Gasteiger partial charge is 0.268 e. The quantitative estimate of drug-likeness (QED) is 0.655. The zero-order chi connectivity index (χ0) is 10.3. The van der Waals surface area contributed by atoms with E-state index in [-0.39, 0.29) is 0 Å². The molecular formula is C10H7N3S2. The van der Waals surface area contributed by atoms with Gasteiger partial charge in [-0.2, -0.15) is 0 Å². The maximum atomic E-state index is 4.22. The van der Waals surface area contributed by atoms with Crippen molar-refractivity contribution in [2.45, 2.75) is 5.16 Å². The Kier molecular flexibility index (Phi) is 2.00. The Labute approximate surface area is 95.8 Å². The molecule has 0 saturated carbocycles. The molecule has 3 nitrogen and oxygen atoms in total. The van der Waals surface area contributed by atoms with Gasteiger partial charge in [0.05, 0.1) is 4.88 Å². The number of rotatable bonds is 1. The highest BCUT2D eigenvalue weighted by atomic mass is 32.1. The van der Waals surface area contributed by atoms with Gasteiger partial charge >= 0.3 is 0 Å². The summed E-state index contributed by atoms with van der Waals surface area (Å²) in [6, 6.07) is 10.2. The molecule has 74 valence electrons. The van der Waals surface area contributed by atoms with Gasteiger partial charge in [-0.25, -0.2) is 0 Å². The lowest BCUT2D eigenvalue weighted by molar-refractivity contribution is 0.931. The Morgan fingerprint density at radius 1 is 1.13 bits per heavy atom. The average Bonchev–Trinajstić information content (AvgIpc) is 2.83. The Balaban J connectivity index is 2.20. The molecule has 2 heterocycles. The van der Waals surface area contributed by atoms with Gasteiger partial charge in [-0.1, -0.05) is 41.7 Å². The SMILES string of the molecule is Sc1nnc2sc(-c3ccccc3)cn12. The molecule has 0 amide bonds. The first-order valence-corrected chi connectivity index (χ1v) is 5.70. The van der Waals surface area contributed by atoms with Gasteiger partial charge in [0.15, 0.2) is 5.16 Å². The number of hydrogen-bond donors (Lipinski definition) is 1. The third-order valence-corrected chi connectivity index (χ3v) is 3.48. The molecule has 3 aromatic rings. The van der Waals surface area contributed by atoms with Crippen LogP contribution in [-0.4, -0.2) is 14.6 Å². The monoisotopic (exact) mass is 233 g/mol. The third kappa shape index (κ3) is 1.44. The second kappa shape index (κ2) is 3.36. The molecule has 0 saturated heterocycles. The summed E-state index contributed by atoms with van der Waals surface area (Å²) >= 11 is 5.83. The number of fused-ring (bicyclic) bond motifs is 1. The molecular weight excluding hydrogens is 226 g/mol. The lowest BCUT2D eigenvalue weighted by Gasteiger charge is -1.93. The van der Waals surface area contributed by atoms with E-state index in [0.29, 0.717) is 5.16 Å². The van der Waals surface area contributed by atoms with E-state index in [2.05, 4.69) is 35.0 Å². The first-order chi connectivity index (χ1) is 7.34. The van der Waals surface area contributed by atoms with E-state index in [9.17, 15) is 0 Å². The van der Waals surface area contributed by atoms with Crippen molar-refractivity contribution in [3.8, 4) is 10.4 Å². The van der Waals surface area contributed by atoms with Crippen molar-refractivity contribution in [1.82, 2.24) is 14.6 Å². The number of aromatic nitrogens is 3. The van der Waals surface area contributed by atoms with Gasteiger partial charge in [0.25, 0.3) is 0 Å². The number of thiazole rings is 1. The maximum Gasteiger partial charge on any atom is 0.217 e. The summed E-state index contributed by atoms with van der Waals surface area (Å²) in [5, 5.41) is 8.53. The lowest BCUT2D eigenvalue weighted by Crippen LogP contribution is -1.77. The second-order valence-corrected chi connectivity index (χ2v) is 4.52. The Hall–Kier alpha value is -1.33. The molecule has 1 aromatic carbocycles. The molecule has 0 radical (unpaired) electrons. The van der Waals surface area contributed by atoms with Gasteiger partial charge in [0.1, 0.15) is 0 Å². The molecule has 3 rings (SSSR count). The Morgan fingerprint density at radius 2 is 1.93 bits per heavy atom. The molecule has 0 N–H and O–H groups in total. The normalized spacial score (nSPS) is 11.0. The highest BCUT2D eigenvalue weighted by Gasteiger charge is 2.07. The molecule has 0 fully saturated rings. The lowest BCUT2D eigenvalue weighted by atomic mass is 10.2. The topological polar surface area (TPSA) is 30.2 Å². The summed E-state index contributed by atoms with van der Waals surface area (Å²) in [7, 11) is 0. The van der Waals surface area contributed by atoms with Crippen molar-refractivity contribution >= 4 is 28.9 Å². The summed E-state index contributed by atoms with van der Waals surface area (Å²) in [6.07, 6.45) is 2.01.